The molecule has 0 saturated carbocycles. The summed E-state index contributed by atoms with van der Waals surface area (Å²) in [5, 5.41) is 0.385. The molecule has 0 atom stereocenters. The van der Waals surface area contributed by atoms with Gasteiger partial charge in [-0.1, -0.05) is 29.8 Å². The molecule has 0 aliphatic rings. The number of alkyl halides is 3. The van der Waals surface area contributed by atoms with Crippen molar-refractivity contribution in [3.8, 4) is 0 Å². The van der Waals surface area contributed by atoms with Crippen LogP contribution < -0.4 is 4.72 Å². The van der Waals surface area contributed by atoms with Crippen molar-refractivity contribution >= 4 is 21.6 Å². The number of aromatic nitrogens is 1. The molecule has 1 aromatic carbocycles. The summed E-state index contributed by atoms with van der Waals surface area (Å²) in [6.07, 6.45) is -3.95. The van der Waals surface area contributed by atoms with Crippen molar-refractivity contribution in [1.29, 1.82) is 0 Å². The third-order valence-corrected chi connectivity index (χ3v) is 4.50. The third kappa shape index (κ3) is 3.96. The van der Waals surface area contributed by atoms with Crippen molar-refractivity contribution in [1.82, 2.24) is 9.71 Å². The molecule has 0 amide bonds. The molecular weight excluding hydrogens is 341 g/mol. The lowest BCUT2D eigenvalue weighted by Crippen LogP contribution is -2.23. The molecular formula is C13H10ClF3N2O2S. The van der Waals surface area contributed by atoms with Crippen LogP contribution in [0.15, 0.2) is 47.5 Å². The van der Waals surface area contributed by atoms with Gasteiger partial charge in [-0.25, -0.2) is 13.1 Å². The molecule has 1 N–H and O–H groups in total. The minimum absolute atomic E-state index is 0.0803. The van der Waals surface area contributed by atoms with Crippen LogP contribution in [0, 0.1) is 0 Å². The summed E-state index contributed by atoms with van der Waals surface area (Å²) >= 11 is 5.90. The molecule has 1 heterocycles. The van der Waals surface area contributed by atoms with Gasteiger partial charge in [0.15, 0.2) is 0 Å². The first-order valence-electron chi connectivity index (χ1n) is 5.96. The second kappa shape index (κ2) is 6.23. The van der Waals surface area contributed by atoms with Gasteiger partial charge in [0.25, 0.3) is 0 Å². The van der Waals surface area contributed by atoms with Crippen molar-refractivity contribution in [2.45, 2.75) is 17.6 Å². The van der Waals surface area contributed by atoms with E-state index in [-0.39, 0.29) is 11.4 Å². The average Bonchev–Trinajstić information content (AvgIpc) is 2.46. The second-order valence-corrected chi connectivity index (χ2v) is 6.47. The third-order valence-electron chi connectivity index (χ3n) is 2.75. The van der Waals surface area contributed by atoms with E-state index in [0.29, 0.717) is 22.8 Å². The summed E-state index contributed by atoms with van der Waals surface area (Å²) in [6, 6.07) is 8.09. The Morgan fingerprint density at radius 3 is 2.36 bits per heavy atom. The van der Waals surface area contributed by atoms with Gasteiger partial charge in [-0.05, 0) is 23.8 Å². The van der Waals surface area contributed by atoms with E-state index in [1.165, 1.54) is 0 Å². The summed E-state index contributed by atoms with van der Waals surface area (Å²) in [5.41, 5.74) is -0.606. The Hall–Kier alpha value is -1.64. The van der Waals surface area contributed by atoms with Crippen LogP contribution in [0.4, 0.5) is 13.2 Å². The Bertz CT molecular complexity index is 762. The first kappa shape index (κ1) is 16.7. The molecule has 118 valence electrons. The van der Waals surface area contributed by atoms with Crippen LogP contribution in [0.2, 0.25) is 5.02 Å². The van der Waals surface area contributed by atoms with E-state index in [1.54, 1.807) is 24.3 Å². The van der Waals surface area contributed by atoms with E-state index in [0.717, 1.165) is 6.07 Å². The van der Waals surface area contributed by atoms with Crippen LogP contribution in [0.1, 0.15) is 11.3 Å². The smallest absolute Gasteiger partial charge is 0.250 e. The summed E-state index contributed by atoms with van der Waals surface area (Å²) in [7, 11) is -3.98. The molecule has 0 aliphatic carbocycles. The second-order valence-electron chi connectivity index (χ2n) is 4.29. The first-order chi connectivity index (χ1) is 10.2. The van der Waals surface area contributed by atoms with Gasteiger partial charge in [0.1, 0.15) is 10.6 Å². The van der Waals surface area contributed by atoms with Gasteiger partial charge in [0, 0.05) is 17.8 Å². The van der Waals surface area contributed by atoms with Crippen molar-refractivity contribution < 1.29 is 21.6 Å². The molecule has 0 unspecified atom stereocenters. The zero-order chi connectivity index (χ0) is 16.4. The molecule has 2 rings (SSSR count). The molecule has 0 radical (unpaired) electrons. The lowest BCUT2D eigenvalue weighted by Gasteiger charge is -2.09. The Labute approximate surface area is 130 Å². The zero-order valence-electron chi connectivity index (χ0n) is 10.9. The van der Waals surface area contributed by atoms with E-state index in [4.69, 9.17) is 11.6 Å². The Kier molecular flexibility index (Phi) is 4.74. The Morgan fingerprint density at radius 1 is 1.14 bits per heavy atom. The monoisotopic (exact) mass is 350 g/mol. The number of hydrogen-bond donors (Lipinski definition) is 1. The highest BCUT2D eigenvalue weighted by Crippen LogP contribution is 2.27. The fraction of sp³-hybridized carbons (Fsp3) is 0.154. The van der Waals surface area contributed by atoms with E-state index >= 15 is 0 Å². The first-order valence-corrected chi connectivity index (χ1v) is 7.82. The normalized spacial score (nSPS) is 12.4. The van der Waals surface area contributed by atoms with Crippen LogP contribution in [0.25, 0.3) is 0 Å². The number of nitrogens with one attached hydrogen (secondary N) is 1. The topological polar surface area (TPSA) is 59.1 Å². The van der Waals surface area contributed by atoms with Crippen LogP contribution >= 0.6 is 11.6 Å². The fourth-order valence-electron chi connectivity index (χ4n) is 1.60. The largest absolute Gasteiger partial charge is 0.433 e. The van der Waals surface area contributed by atoms with E-state index in [1.807, 2.05) is 0 Å². The number of rotatable bonds is 4. The molecule has 9 heteroatoms. The van der Waals surface area contributed by atoms with Crippen molar-refractivity contribution in [3.05, 3.63) is 58.9 Å². The lowest BCUT2D eigenvalue weighted by atomic mass is 10.2. The summed E-state index contributed by atoms with van der Waals surface area (Å²) in [5.74, 6) is 0. The van der Waals surface area contributed by atoms with Crippen molar-refractivity contribution in [2.75, 3.05) is 0 Å². The van der Waals surface area contributed by atoms with Gasteiger partial charge < -0.3 is 0 Å². The van der Waals surface area contributed by atoms with Gasteiger partial charge in [0.2, 0.25) is 10.0 Å². The molecule has 22 heavy (non-hydrogen) atoms. The van der Waals surface area contributed by atoms with Gasteiger partial charge in [0.05, 0.1) is 0 Å². The molecule has 2 aromatic rings. The Balaban J connectivity index is 2.15. The molecule has 4 nitrogen and oxygen atoms in total. The molecule has 0 saturated heterocycles. The van der Waals surface area contributed by atoms with Crippen molar-refractivity contribution in [3.63, 3.8) is 0 Å². The van der Waals surface area contributed by atoms with Gasteiger partial charge in [-0.3, -0.25) is 4.98 Å². The minimum Gasteiger partial charge on any atom is -0.250 e. The fourth-order valence-corrected chi connectivity index (χ4v) is 2.76. The number of sulfonamides is 1. The highest BCUT2D eigenvalue weighted by Gasteiger charge is 2.32. The SMILES string of the molecule is O=S(=O)(NCc1ccccc1Cl)c1ccc(C(F)(F)F)nc1. The van der Waals surface area contributed by atoms with Crippen LogP contribution in [0.5, 0.6) is 0 Å². The number of benzene rings is 1. The predicted octanol–water partition coefficient (Wildman–Crippen LogP) is 3.23. The van der Waals surface area contributed by atoms with Crippen LogP contribution in [0.3, 0.4) is 0 Å². The van der Waals surface area contributed by atoms with E-state index in [2.05, 4.69) is 9.71 Å². The Morgan fingerprint density at radius 2 is 1.82 bits per heavy atom. The molecule has 0 spiro atoms. The summed E-state index contributed by atoms with van der Waals surface area (Å²) < 4.78 is 63.4. The zero-order valence-corrected chi connectivity index (χ0v) is 12.5. The summed E-state index contributed by atoms with van der Waals surface area (Å²) in [6.45, 7) is -0.0803. The van der Waals surface area contributed by atoms with Gasteiger partial charge >= 0.3 is 6.18 Å². The predicted molar refractivity (Wildman–Crippen MR) is 74.7 cm³/mol. The van der Waals surface area contributed by atoms with Crippen molar-refractivity contribution in [2.24, 2.45) is 0 Å². The average molecular weight is 351 g/mol. The van der Waals surface area contributed by atoms with E-state index < -0.39 is 21.9 Å². The summed E-state index contributed by atoms with van der Waals surface area (Å²) in [4.78, 5) is 2.76. The van der Waals surface area contributed by atoms with Crippen LogP contribution in [-0.2, 0) is 22.7 Å². The standard InChI is InChI=1S/C13H10ClF3N2O2S/c14-11-4-2-1-3-9(11)7-19-22(20,21)10-5-6-12(18-8-10)13(15,16)17/h1-6,8,19H,7H2. The molecule has 0 fully saturated rings. The molecule has 1 aromatic heterocycles. The molecule has 0 bridgehead atoms. The maximum Gasteiger partial charge on any atom is 0.433 e. The highest BCUT2D eigenvalue weighted by atomic mass is 35.5. The number of halogens is 4. The number of hydrogen-bond acceptors (Lipinski definition) is 3. The van der Waals surface area contributed by atoms with Gasteiger partial charge in [-0.2, -0.15) is 13.2 Å². The maximum atomic E-state index is 12.4. The maximum absolute atomic E-state index is 12.4. The lowest BCUT2D eigenvalue weighted by molar-refractivity contribution is -0.141. The quantitative estimate of drug-likeness (QED) is 0.921. The molecule has 0 aliphatic heterocycles. The number of nitrogens with zero attached hydrogens (tertiary/aromatic N) is 1. The minimum atomic E-state index is -4.62. The van der Waals surface area contributed by atoms with Gasteiger partial charge in [-0.15, -0.1) is 0 Å². The van der Waals surface area contributed by atoms with E-state index in [9.17, 15) is 21.6 Å². The number of pyridine rings is 1. The highest BCUT2D eigenvalue weighted by molar-refractivity contribution is 7.89. The van der Waals surface area contributed by atoms with Crippen LogP contribution in [-0.4, -0.2) is 13.4 Å².